The molecule has 0 unspecified atom stereocenters. The SMILES string of the molecule is CC(C)(C)c1ccc(C(=O)c2cccc(NC(=S)NCCCc3cccc4ccccc34)c2)cc1. The van der Waals surface area contributed by atoms with Crippen molar-refractivity contribution in [2.75, 3.05) is 11.9 Å². The van der Waals surface area contributed by atoms with E-state index in [4.69, 9.17) is 12.2 Å². The van der Waals surface area contributed by atoms with Crippen molar-refractivity contribution >= 4 is 39.6 Å². The average Bonchev–Trinajstić information content (AvgIpc) is 2.86. The van der Waals surface area contributed by atoms with Crippen molar-refractivity contribution in [2.24, 2.45) is 0 Å². The van der Waals surface area contributed by atoms with Gasteiger partial charge in [0.15, 0.2) is 10.9 Å². The second-order valence-corrected chi connectivity index (χ2v) is 10.3. The maximum absolute atomic E-state index is 13.0. The van der Waals surface area contributed by atoms with Crippen LogP contribution in [-0.4, -0.2) is 17.4 Å². The Morgan fingerprint density at radius 3 is 2.31 bits per heavy atom. The summed E-state index contributed by atoms with van der Waals surface area (Å²) in [5.41, 5.74) is 4.74. The van der Waals surface area contributed by atoms with E-state index in [2.05, 4.69) is 73.9 Å². The van der Waals surface area contributed by atoms with E-state index in [9.17, 15) is 4.79 Å². The molecular weight excluding hydrogens is 448 g/mol. The second-order valence-electron chi connectivity index (χ2n) is 9.86. The number of nitrogens with one attached hydrogen (secondary N) is 2. The van der Waals surface area contributed by atoms with Crippen molar-refractivity contribution in [1.29, 1.82) is 0 Å². The third-order valence-corrected chi connectivity index (χ3v) is 6.43. The Labute approximate surface area is 213 Å². The normalized spacial score (nSPS) is 11.3. The summed E-state index contributed by atoms with van der Waals surface area (Å²) in [6, 6.07) is 30.3. The molecule has 0 aliphatic carbocycles. The van der Waals surface area contributed by atoms with Gasteiger partial charge < -0.3 is 10.6 Å². The first-order valence-corrected chi connectivity index (χ1v) is 12.5. The summed E-state index contributed by atoms with van der Waals surface area (Å²) < 4.78 is 0. The van der Waals surface area contributed by atoms with Crippen LogP contribution < -0.4 is 10.6 Å². The molecule has 0 radical (unpaired) electrons. The largest absolute Gasteiger partial charge is 0.362 e. The van der Waals surface area contributed by atoms with E-state index >= 15 is 0 Å². The molecule has 0 atom stereocenters. The fourth-order valence-electron chi connectivity index (χ4n) is 4.19. The van der Waals surface area contributed by atoms with Gasteiger partial charge in [-0.25, -0.2) is 0 Å². The van der Waals surface area contributed by atoms with E-state index in [0.29, 0.717) is 16.2 Å². The summed E-state index contributed by atoms with van der Waals surface area (Å²) in [7, 11) is 0. The van der Waals surface area contributed by atoms with Crippen molar-refractivity contribution in [1.82, 2.24) is 5.32 Å². The first-order chi connectivity index (χ1) is 16.8. The minimum absolute atomic E-state index is 0.00285. The Bertz CT molecular complexity index is 1330. The number of rotatable bonds is 7. The molecular formula is C31H32N2OS. The highest BCUT2D eigenvalue weighted by Gasteiger charge is 2.15. The number of thiocarbonyl (C=S) groups is 1. The number of carbonyl (C=O) groups excluding carboxylic acids is 1. The third-order valence-electron chi connectivity index (χ3n) is 6.18. The van der Waals surface area contributed by atoms with Crippen molar-refractivity contribution < 1.29 is 4.79 Å². The Hall–Kier alpha value is -3.50. The molecule has 2 N–H and O–H groups in total. The van der Waals surface area contributed by atoms with Crippen LogP contribution in [0.3, 0.4) is 0 Å². The van der Waals surface area contributed by atoms with Crippen LogP contribution in [0, 0.1) is 0 Å². The molecule has 178 valence electrons. The van der Waals surface area contributed by atoms with Crippen molar-refractivity contribution in [3.63, 3.8) is 0 Å². The molecule has 0 fully saturated rings. The molecule has 3 nitrogen and oxygen atoms in total. The number of carbonyl (C=O) groups is 1. The van der Waals surface area contributed by atoms with Crippen LogP contribution in [0.15, 0.2) is 91.0 Å². The number of ketones is 1. The Kier molecular flexibility index (Phi) is 7.62. The lowest BCUT2D eigenvalue weighted by molar-refractivity contribution is 0.103. The lowest BCUT2D eigenvalue weighted by atomic mass is 9.86. The fourth-order valence-corrected chi connectivity index (χ4v) is 4.41. The number of aryl methyl sites for hydroxylation is 1. The molecule has 0 saturated heterocycles. The summed E-state index contributed by atoms with van der Waals surface area (Å²) in [5, 5.41) is 9.64. The van der Waals surface area contributed by atoms with Crippen molar-refractivity contribution in [3.8, 4) is 0 Å². The van der Waals surface area contributed by atoms with E-state index in [1.165, 1.54) is 21.9 Å². The van der Waals surface area contributed by atoms with Gasteiger partial charge in [-0.05, 0) is 64.5 Å². The molecule has 0 aliphatic heterocycles. The van der Waals surface area contributed by atoms with Crippen LogP contribution >= 0.6 is 12.2 Å². The Balaban J connectivity index is 1.31. The van der Waals surface area contributed by atoms with Gasteiger partial charge in [0.25, 0.3) is 0 Å². The van der Waals surface area contributed by atoms with Gasteiger partial charge in [0.2, 0.25) is 0 Å². The van der Waals surface area contributed by atoms with Gasteiger partial charge in [-0.15, -0.1) is 0 Å². The van der Waals surface area contributed by atoms with E-state index in [1.54, 1.807) is 0 Å². The second kappa shape index (κ2) is 10.8. The predicted octanol–water partition coefficient (Wildman–Crippen LogP) is 7.29. The Morgan fingerprint density at radius 1 is 0.829 bits per heavy atom. The standard InChI is InChI=1S/C31H32N2OS/c1-31(2,3)26-18-16-24(17-19-26)29(34)25-12-7-14-27(21-25)33-30(35)32-20-8-13-23-11-6-10-22-9-4-5-15-28(22)23/h4-7,9-12,14-19,21H,8,13,20H2,1-3H3,(H2,32,33,35). The van der Waals surface area contributed by atoms with Crippen LogP contribution in [0.1, 0.15) is 54.2 Å². The molecule has 4 rings (SSSR count). The average molecular weight is 481 g/mol. The smallest absolute Gasteiger partial charge is 0.193 e. The van der Waals surface area contributed by atoms with Gasteiger partial charge >= 0.3 is 0 Å². The van der Waals surface area contributed by atoms with Gasteiger partial charge in [0, 0.05) is 23.4 Å². The fraction of sp³-hybridized carbons (Fsp3) is 0.226. The van der Waals surface area contributed by atoms with Gasteiger partial charge in [-0.3, -0.25) is 4.79 Å². The summed E-state index contributed by atoms with van der Waals surface area (Å²) >= 11 is 5.49. The zero-order valence-electron chi connectivity index (χ0n) is 20.6. The van der Waals surface area contributed by atoms with Crippen molar-refractivity contribution in [3.05, 3.63) is 113 Å². The summed E-state index contributed by atoms with van der Waals surface area (Å²) in [6.45, 7) is 7.27. The van der Waals surface area contributed by atoms with Crippen LogP contribution in [0.25, 0.3) is 10.8 Å². The zero-order chi connectivity index (χ0) is 24.8. The van der Waals surface area contributed by atoms with Crippen LogP contribution in [0.4, 0.5) is 5.69 Å². The first kappa shape index (κ1) is 24.6. The molecule has 4 aromatic carbocycles. The molecule has 0 spiro atoms. The Morgan fingerprint density at radius 2 is 1.54 bits per heavy atom. The van der Waals surface area contributed by atoms with Gasteiger partial charge in [0.1, 0.15) is 0 Å². The number of hydrogen-bond acceptors (Lipinski definition) is 2. The van der Waals surface area contributed by atoms with Crippen molar-refractivity contribution in [2.45, 2.75) is 39.0 Å². The molecule has 0 amide bonds. The van der Waals surface area contributed by atoms with E-state index in [0.717, 1.165) is 25.1 Å². The zero-order valence-corrected chi connectivity index (χ0v) is 21.4. The number of anilines is 1. The predicted molar refractivity (Wildman–Crippen MR) is 152 cm³/mol. The summed E-state index contributed by atoms with van der Waals surface area (Å²) in [4.78, 5) is 13.0. The molecule has 4 aromatic rings. The van der Waals surface area contributed by atoms with E-state index < -0.39 is 0 Å². The number of benzene rings is 4. The molecule has 0 bridgehead atoms. The molecule has 4 heteroatoms. The molecule has 0 aromatic heterocycles. The minimum atomic E-state index is 0.00285. The maximum Gasteiger partial charge on any atom is 0.193 e. The van der Waals surface area contributed by atoms with Crippen LogP contribution in [0.5, 0.6) is 0 Å². The molecule has 0 heterocycles. The molecule has 35 heavy (non-hydrogen) atoms. The highest BCUT2D eigenvalue weighted by molar-refractivity contribution is 7.80. The third kappa shape index (κ3) is 6.34. The first-order valence-electron chi connectivity index (χ1n) is 12.1. The number of fused-ring (bicyclic) bond motifs is 1. The van der Waals surface area contributed by atoms with E-state index in [-0.39, 0.29) is 11.2 Å². The highest BCUT2D eigenvalue weighted by Crippen LogP contribution is 2.23. The van der Waals surface area contributed by atoms with Crippen LogP contribution in [0.2, 0.25) is 0 Å². The number of hydrogen-bond donors (Lipinski definition) is 2. The van der Waals surface area contributed by atoms with Gasteiger partial charge in [-0.1, -0.05) is 99.6 Å². The minimum Gasteiger partial charge on any atom is -0.362 e. The summed E-state index contributed by atoms with van der Waals surface area (Å²) in [6.07, 6.45) is 1.95. The monoisotopic (exact) mass is 480 g/mol. The van der Waals surface area contributed by atoms with Crippen LogP contribution in [-0.2, 0) is 11.8 Å². The molecule has 0 saturated carbocycles. The molecule has 0 aliphatic rings. The van der Waals surface area contributed by atoms with Gasteiger partial charge in [0.05, 0.1) is 0 Å². The highest BCUT2D eigenvalue weighted by atomic mass is 32.1. The summed E-state index contributed by atoms with van der Waals surface area (Å²) in [5.74, 6) is 0.00285. The maximum atomic E-state index is 13.0. The lowest BCUT2D eigenvalue weighted by Crippen LogP contribution is -2.29. The van der Waals surface area contributed by atoms with E-state index in [1.807, 2.05) is 48.5 Å². The lowest BCUT2D eigenvalue weighted by Gasteiger charge is -2.19. The quantitative estimate of drug-likeness (QED) is 0.166. The topological polar surface area (TPSA) is 41.1 Å². The van der Waals surface area contributed by atoms with Gasteiger partial charge in [-0.2, -0.15) is 0 Å².